The fourth-order valence-corrected chi connectivity index (χ4v) is 10.3. The average molecular weight is 1020 g/mol. The quantitative estimate of drug-likeness (QED) is 0.0343. The Bertz CT molecular complexity index is 1090. The Balaban J connectivity index is 4.26. The molecule has 0 radical (unpaired) electrons. The molecule has 0 N–H and O–H groups in total. The van der Waals surface area contributed by atoms with E-state index in [1.807, 2.05) is 0 Å². The van der Waals surface area contributed by atoms with Crippen LogP contribution in [0.5, 0.6) is 0 Å². The Kier molecular flexibility index (Phi) is 58.9. The molecule has 0 rings (SSSR count). The number of esters is 3. The first-order valence-corrected chi connectivity index (χ1v) is 32.9. The molecule has 72 heavy (non-hydrogen) atoms. The van der Waals surface area contributed by atoms with Crippen LogP contribution in [-0.4, -0.2) is 37.2 Å². The van der Waals surface area contributed by atoms with Crippen LogP contribution in [0.3, 0.4) is 0 Å². The minimum atomic E-state index is -0.763. The summed E-state index contributed by atoms with van der Waals surface area (Å²) in [7, 11) is 0. The summed E-state index contributed by atoms with van der Waals surface area (Å²) in [5.74, 6) is 0.0345. The minimum absolute atomic E-state index is 0.0609. The summed E-state index contributed by atoms with van der Waals surface area (Å²) < 4.78 is 17.0. The maximum absolute atomic E-state index is 12.9. The van der Waals surface area contributed by atoms with E-state index in [0.717, 1.165) is 63.7 Å². The Morgan fingerprint density at radius 3 is 0.681 bits per heavy atom. The van der Waals surface area contributed by atoms with Gasteiger partial charge in [-0.15, -0.1) is 0 Å². The predicted molar refractivity (Wildman–Crippen MR) is 312 cm³/mol. The van der Waals surface area contributed by atoms with E-state index in [2.05, 4.69) is 27.7 Å². The molecule has 0 aliphatic rings. The SMILES string of the molecule is CCCCCCCCCCCCCCCCCCCC(=O)O[C@@H](COC(=O)CCCCCCCCCCCCCCCCCC)COC(=O)CCCCCCCCCCCCCCCCCCCCC(C)C. The molecule has 0 spiro atoms. The molecule has 0 aromatic carbocycles. The van der Waals surface area contributed by atoms with Gasteiger partial charge in [-0.05, 0) is 25.2 Å². The van der Waals surface area contributed by atoms with Crippen LogP contribution in [0.25, 0.3) is 0 Å². The number of hydrogen-bond acceptors (Lipinski definition) is 6. The lowest BCUT2D eigenvalue weighted by Gasteiger charge is -2.18. The van der Waals surface area contributed by atoms with Crippen molar-refractivity contribution in [3.05, 3.63) is 0 Å². The van der Waals surface area contributed by atoms with E-state index in [1.54, 1.807) is 0 Å². The van der Waals surface area contributed by atoms with E-state index < -0.39 is 6.10 Å². The highest BCUT2D eigenvalue weighted by molar-refractivity contribution is 5.71. The molecular formula is C66H128O6. The zero-order valence-electron chi connectivity index (χ0n) is 49.4. The summed E-state index contributed by atoms with van der Waals surface area (Å²) in [6, 6.07) is 0. The number of carbonyl (C=O) groups excluding carboxylic acids is 3. The maximum atomic E-state index is 12.9. The largest absolute Gasteiger partial charge is 0.462 e. The first-order chi connectivity index (χ1) is 35.4. The molecule has 0 saturated carbocycles. The number of ether oxygens (including phenoxy) is 3. The molecule has 0 aliphatic heterocycles. The summed E-state index contributed by atoms with van der Waals surface area (Å²) in [5, 5.41) is 0. The normalized spacial score (nSPS) is 12.0. The number of carbonyl (C=O) groups is 3. The molecule has 6 nitrogen and oxygen atoms in total. The highest BCUT2D eigenvalue weighted by Crippen LogP contribution is 2.19. The summed E-state index contributed by atoms with van der Waals surface area (Å²) in [6.07, 6.45) is 68.2. The van der Waals surface area contributed by atoms with Gasteiger partial charge in [-0.3, -0.25) is 14.4 Å². The van der Waals surface area contributed by atoms with Crippen molar-refractivity contribution in [1.82, 2.24) is 0 Å². The Morgan fingerprint density at radius 2 is 0.458 bits per heavy atom. The third-order valence-corrected chi connectivity index (χ3v) is 15.3. The van der Waals surface area contributed by atoms with E-state index in [-0.39, 0.29) is 31.1 Å². The van der Waals surface area contributed by atoms with E-state index >= 15 is 0 Å². The van der Waals surface area contributed by atoms with Crippen LogP contribution in [0, 0.1) is 5.92 Å². The molecular weight excluding hydrogens is 889 g/mol. The molecule has 0 aromatic rings. The van der Waals surface area contributed by atoms with Gasteiger partial charge < -0.3 is 14.2 Å². The second kappa shape index (κ2) is 60.3. The first kappa shape index (κ1) is 70.4. The summed E-state index contributed by atoms with van der Waals surface area (Å²) in [4.78, 5) is 38.3. The van der Waals surface area contributed by atoms with Crippen LogP contribution in [0.15, 0.2) is 0 Å². The lowest BCUT2D eigenvalue weighted by Crippen LogP contribution is -2.30. The predicted octanol–water partition coefficient (Wildman–Crippen LogP) is 22.1. The van der Waals surface area contributed by atoms with E-state index in [4.69, 9.17) is 14.2 Å². The minimum Gasteiger partial charge on any atom is -0.462 e. The molecule has 0 heterocycles. The topological polar surface area (TPSA) is 78.9 Å². The van der Waals surface area contributed by atoms with Crippen LogP contribution in [0.4, 0.5) is 0 Å². The molecule has 0 aromatic heterocycles. The molecule has 0 fully saturated rings. The van der Waals surface area contributed by atoms with Crippen molar-refractivity contribution in [2.24, 2.45) is 5.92 Å². The highest BCUT2D eigenvalue weighted by atomic mass is 16.6. The van der Waals surface area contributed by atoms with Crippen molar-refractivity contribution in [1.29, 1.82) is 0 Å². The van der Waals surface area contributed by atoms with E-state index in [0.29, 0.717) is 19.3 Å². The lowest BCUT2D eigenvalue weighted by atomic mass is 10.0. The maximum Gasteiger partial charge on any atom is 0.306 e. The van der Waals surface area contributed by atoms with Crippen LogP contribution in [0.2, 0.25) is 0 Å². The zero-order chi connectivity index (χ0) is 52.3. The fourth-order valence-electron chi connectivity index (χ4n) is 10.3. The smallest absolute Gasteiger partial charge is 0.306 e. The lowest BCUT2D eigenvalue weighted by molar-refractivity contribution is -0.167. The Labute approximate surface area is 450 Å². The molecule has 0 bridgehead atoms. The summed E-state index contributed by atoms with van der Waals surface area (Å²) in [6.45, 7) is 9.11. The second-order valence-corrected chi connectivity index (χ2v) is 23.2. The van der Waals surface area contributed by atoms with Crippen molar-refractivity contribution >= 4 is 17.9 Å². The van der Waals surface area contributed by atoms with Gasteiger partial charge in [0.1, 0.15) is 13.2 Å². The first-order valence-electron chi connectivity index (χ1n) is 32.9. The van der Waals surface area contributed by atoms with Crippen molar-refractivity contribution in [3.8, 4) is 0 Å². The van der Waals surface area contributed by atoms with Gasteiger partial charge in [0.05, 0.1) is 0 Å². The Morgan fingerprint density at radius 1 is 0.264 bits per heavy atom. The van der Waals surface area contributed by atoms with Gasteiger partial charge in [-0.1, -0.05) is 342 Å². The molecule has 0 unspecified atom stereocenters. The third kappa shape index (κ3) is 59.3. The number of hydrogen-bond donors (Lipinski definition) is 0. The van der Waals surface area contributed by atoms with Crippen LogP contribution >= 0.6 is 0 Å². The number of rotatable bonds is 61. The molecule has 0 amide bonds. The number of unbranched alkanes of at least 4 members (excludes halogenated alkanes) is 48. The molecule has 6 heteroatoms. The fraction of sp³-hybridized carbons (Fsp3) is 0.955. The van der Waals surface area contributed by atoms with Crippen molar-refractivity contribution < 1.29 is 28.6 Å². The van der Waals surface area contributed by atoms with E-state index in [9.17, 15) is 14.4 Å². The van der Waals surface area contributed by atoms with E-state index in [1.165, 1.54) is 276 Å². The molecule has 0 aliphatic carbocycles. The van der Waals surface area contributed by atoms with Gasteiger partial charge in [-0.2, -0.15) is 0 Å². The van der Waals surface area contributed by atoms with Gasteiger partial charge in [0.2, 0.25) is 0 Å². The second-order valence-electron chi connectivity index (χ2n) is 23.2. The molecule has 428 valence electrons. The monoisotopic (exact) mass is 1020 g/mol. The van der Waals surface area contributed by atoms with Gasteiger partial charge in [0, 0.05) is 19.3 Å². The van der Waals surface area contributed by atoms with Gasteiger partial charge >= 0.3 is 17.9 Å². The van der Waals surface area contributed by atoms with Gasteiger partial charge in [0.15, 0.2) is 6.10 Å². The van der Waals surface area contributed by atoms with Crippen LogP contribution in [0.1, 0.15) is 381 Å². The van der Waals surface area contributed by atoms with Gasteiger partial charge in [0.25, 0.3) is 0 Å². The third-order valence-electron chi connectivity index (χ3n) is 15.3. The average Bonchev–Trinajstić information content (AvgIpc) is 3.37. The standard InChI is InChI=1S/C66H128O6/c1-5-7-9-11-13-15-17-19-21-25-31-35-39-43-47-51-55-59-66(69)72-63(60-70-64(67)57-53-49-45-41-37-33-29-22-20-18-16-14-12-10-8-6-2)61-71-65(68)58-54-50-46-42-38-34-30-27-24-23-26-28-32-36-40-44-48-52-56-62(3)4/h62-63H,5-61H2,1-4H3/t63-/m0/s1. The van der Waals surface area contributed by atoms with Crippen LogP contribution < -0.4 is 0 Å². The van der Waals surface area contributed by atoms with Crippen molar-refractivity contribution in [2.45, 2.75) is 387 Å². The van der Waals surface area contributed by atoms with Crippen LogP contribution in [-0.2, 0) is 28.6 Å². The highest BCUT2D eigenvalue weighted by Gasteiger charge is 2.19. The zero-order valence-corrected chi connectivity index (χ0v) is 49.4. The van der Waals surface area contributed by atoms with Crippen molar-refractivity contribution in [2.75, 3.05) is 13.2 Å². The molecule has 1 atom stereocenters. The summed E-state index contributed by atoms with van der Waals surface area (Å²) in [5.41, 5.74) is 0. The Hall–Kier alpha value is -1.59. The van der Waals surface area contributed by atoms with Crippen molar-refractivity contribution in [3.63, 3.8) is 0 Å². The van der Waals surface area contributed by atoms with Gasteiger partial charge in [-0.25, -0.2) is 0 Å². The molecule has 0 saturated heterocycles. The summed E-state index contributed by atoms with van der Waals surface area (Å²) >= 11 is 0.